The van der Waals surface area contributed by atoms with E-state index in [-0.39, 0.29) is 4.90 Å². The molecule has 0 radical (unpaired) electrons. The average molecular weight is 477 g/mol. The molecule has 0 saturated heterocycles. The fourth-order valence-corrected chi connectivity index (χ4v) is 12.5. The molecule has 0 saturated carbocycles. The summed E-state index contributed by atoms with van der Waals surface area (Å²) < 4.78 is 33.8. The average Bonchev–Trinajstić information content (AvgIpc) is 2.81. The first-order valence-corrected chi connectivity index (χ1v) is 15.6. The number of rotatable bonds is 9. The van der Waals surface area contributed by atoms with Crippen LogP contribution in [0, 0.1) is 0 Å². The van der Waals surface area contributed by atoms with Crippen LogP contribution in [0.3, 0.4) is 0 Å². The van der Waals surface area contributed by atoms with Gasteiger partial charge in [0.15, 0.2) is 0 Å². The zero-order valence-electron chi connectivity index (χ0n) is 18.7. The van der Waals surface area contributed by atoms with Gasteiger partial charge in [0.1, 0.15) is 0 Å². The van der Waals surface area contributed by atoms with Crippen molar-refractivity contribution in [2.24, 2.45) is 0 Å². The van der Waals surface area contributed by atoms with E-state index in [0.29, 0.717) is 18.5 Å². The Morgan fingerprint density at radius 3 is 1.18 bits per heavy atom. The molecule has 0 aliphatic rings. The van der Waals surface area contributed by atoms with Gasteiger partial charge in [-0.1, -0.05) is 0 Å². The first-order chi connectivity index (χ1) is 15.8. The molecule has 4 aromatic carbocycles. The summed E-state index contributed by atoms with van der Waals surface area (Å²) in [5.74, 6) is 0. The maximum absolute atomic E-state index is 13.6. The third-order valence-electron chi connectivity index (χ3n) is 5.78. The monoisotopic (exact) mass is 476 g/mol. The van der Waals surface area contributed by atoms with Gasteiger partial charge in [0, 0.05) is 0 Å². The second kappa shape index (κ2) is 9.61. The fourth-order valence-electron chi connectivity index (χ4n) is 4.48. The van der Waals surface area contributed by atoms with Gasteiger partial charge in [-0.15, -0.1) is 0 Å². The van der Waals surface area contributed by atoms with Crippen LogP contribution in [0.2, 0.25) is 0 Å². The van der Waals surface area contributed by atoms with E-state index < -0.39 is 16.9 Å². The maximum atomic E-state index is 13.6. The van der Waals surface area contributed by atoms with Gasteiger partial charge in [0.2, 0.25) is 0 Å². The molecule has 33 heavy (non-hydrogen) atoms. The van der Waals surface area contributed by atoms with E-state index in [1.165, 1.54) is 0 Å². The summed E-state index contributed by atoms with van der Waals surface area (Å²) in [6, 6.07) is 38.7. The standard InChI is InChI=1S/C28H29O3PS/c1-32(22-25-14-6-2-7-15-25,23-26-16-8-3-9-17-26,24-27-18-10-4-11-19-27)31-33(29,30)28-20-12-5-13-21-28/h2-21H,22-24H2,1H3. The zero-order valence-corrected chi connectivity index (χ0v) is 20.5. The topological polar surface area (TPSA) is 43.4 Å². The van der Waals surface area contributed by atoms with Crippen molar-refractivity contribution in [3.8, 4) is 0 Å². The molecule has 3 nitrogen and oxygen atoms in total. The Morgan fingerprint density at radius 1 is 0.545 bits per heavy atom. The van der Waals surface area contributed by atoms with Gasteiger partial charge >= 0.3 is 197 Å². The molecule has 4 aromatic rings. The van der Waals surface area contributed by atoms with Gasteiger partial charge in [0.25, 0.3) is 0 Å². The Bertz CT molecular complexity index is 1170. The third kappa shape index (κ3) is 5.97. The van der Waals surface area contributed by atoms with E-state index in [0.717, 1.165) is 16.7 Å². The molecule has 0 unspecified atom stereocenters. The molecule has 0 aromatic heterocycles. The van der Waals surface area contributed by atoms with Crippen LogP contribution in [0.4, 0.5) is 0 Å². The van der Waals surface area contributed by atoms with Crippen LogP contribution in [-0.4, -0.2) is 15.1 Å². The molecular formula is C28H29O3PS. The predicted octanol–water partition coefficient (Wildman–Crippen LogP) is 7.09. The summed E-state index contributed by atoms with van der Waals surface area (Å²) in [6.45, 7) is -1.35. The summed E-state index contributed by atoms with van der Waals surface area (Å²) in [4.78, 5) is 0.190. The van der Waals surface area contributed by atoms with Crippen LogP contribution in [-0.2, 0) is 32.6 Å². The minimum atomic E-state index is -3.98. The summed E-state index contributed by atoms with van der Waals surface area (Å²) in [6.07, 6.45) is 1.67. The molecule has 5 heteroatoms. The van der Waals surface area contributed by atoms with Crippen molar-refractivity contribution in [1.29, 1.82) is 0 Å². The molecule has 0 aliphatic heterocycles. The molecule has 0 amide bonds. The number of benzene rings is 4. The fraction of sp³-hybridized carbons (Fsp3) is 0.143. The number of hydrogen-bond acceptors (Lipinski definition) is 3. The van der Waals surface area contributed by atoms with Crippen molar-refractivity contribution in [2.45, 2.75) is 23.4 Å². The van der Waals surface area contributed by atoms with Gasteiger partial charge in [0.05, 0.1) is 0 Å². The normalized spacial score (nSPS) is 13.2. The summed E-state index contributed by atoms with van der Waals surface area (Å²) in [5, 5.41) is 0. The molecule has 0 spiro atoms. The molecule has 4 rings (SSSR count). The molecule has 0 heterocycles. The van der Waals surface area contributed by atoms with Crippen LogP contribution in [0.1, 0.15) is 16.7 Å². The van der Waals surface area contributed by atoms with Gasteiger partial charge < -0.3 is 0 Å². The first kappa shape index (κ1) is 23.4. The Kier molecular flexibility index (Phi) is 6.81. The molecule has 0 atom stereocenters. The van der Waals surface area contributed by atoms with E-state index in [1.54, 1.807) is 24.3 Å². The molecule has 0 aliphatic carbocycles. The van der Waals surface area contributed by atoms with Crippen LogP contribution >= 0.6 is 6.83 Å². The van der Waals surface area contributed by atoms with Gasteiger partial charge in [-0.3, -0.25) is 0 Å². The SMILES string of the molecule is CP(Cc1ccccc1)(Cc1ccccc1)(Cc1ccccc1)OS(=O)(=O)c1ccccc1. The van der Waals surface area contributed by atoms with Crippen LogP contribution in [0.25, 0.3) is 0 Å². The summed E-state index contributed by atoms with van der Waals surface area (Å²) >= 11 is 0. The second-order valence-corrected chi connectivity index (χ2v) is 16.3. The molecule has 0 bridgehead atoms. The summed E-state index contributed by atoms with van der Waals surface area (Å²) in [7, 11) is -3.98. The van der Waals surface area contributed by atoms with E-state index in [2.05, 4.69) is 43.1 Å². The van der Waals surface area contributed by atoms with Gasteiger partial charge in [-0.2, -0.15) is 0 Å². The van der Waals surface area contributed by atoms with Crippen molar-refractivity contribution in [1.82, 2.24) is 0 Å². The van der Waals surface area contributed by atoms with E-state index in [4.69, 9.17) is 3.97 Å². The Hall–Kier alpha value is -2.78. The van der Waals surface area contributed by atoms with Crippen LogP contribution in [0.5, 0.6) is 0 Å². The minimum absolute atomic E-state index is 0.190. The molecule has 0 fully saturated rings. The second-order valence-electron chi connectivity index (χ2n) is 8.96. The third-order valence-corrected chi connectivity index (χ3v) is 13.0. The quantitative estimate of drug-likeness (QED) is 0.242. The Morgan fingerprint density at radius 2 is 0.848 bits per heavy atom. The summed E-state index contributed by atoms with van der Waals surface area (Å²) in [5.41, 5.74) is 3.23. The van der Waals surface area contributed by atoms with Crippen molar-refractivity contribution in [3.63, 3.8) is 0 Å². The van der Waals surface area contributed by atoms with Crippen LogP contribution in [0.15, 0.2) is 126 Å². The van der Waals surface area contributed by atoms with Gasteiger partial charge in [-0.05, 0) is 0 Å². The first-order valence-electron chi connectivity index (χ1n) is 11.0. The van der Waals surface area contributed by atoms with Crippen molar-refractivity contribution < 1.29 is 12.4 Å². The van der Waals surface area contributed by atoms with E-state index in [9.17, 15) is 8.42 Å². The molecule has 170 valence electrons. The molecule has 0 N–H and O–H groups in total. The van der Waals surface area contributed by atoms with Crippen molar-refractivity contribution in [3.05, 3.63) is 138 Å². The van der Waals surface area contributed by atoms with E-state index in [1.807, 2.05) is 60.7 Å². The Balaban J connectivity index is 1.88. The van der Waals surface area contributed by atoms with Gasteiger partial charge in [-0.25, -0.2) is 0 Å². The van der Waals surface area contributed by atoms with Crippen molar-refractivity contribution in [2.75, 3.05) is 6.66 Å². The van der Waals surface area contributed by atoms with Crippen LogP contribution < -0.4 is 0 Å². The van der Waals surface area contributed by atoms with Crippen molar-refractivity contribution >= 4 is 16.9 Å². The zero-order chi connectivity index (χ0) is 23.2. The Labute approximate surface area is 197 Å². The molecular weight excluding hydrogens is 447 g/mol. The predicted molar refractivity (Wildman–Crippen MR) is 138 cm³/mol. The van der Waals surface area contributed by atoms with E-state index >= 15 is 0 Å². The number of hydrogen-bond donors (Lipinski definition) is 0.